The number of halogens is 2. The molecule has 66 heavy (non-hydrogen) atoms. The number of carbonyl (C=O) groups excluding carboxylic acids is 1. The molecule has 10 rings (SSSR count). The van der Waals surface area contributed by atoms with E-state index in [1.54, 1.807) is 4.68 Å². The molecular weight excluding hydrogens is 859 g/mol. The van der Waals surface area contributed by atoms with Crippen molar-refractivity contribution in [2.24, 2.45) is 0 Å². The van der Waals surface area contributed by atoms with Gasteiger partial charge < -0.3 is 25.9 Å². The lowest BCUT2D eigenvalue weighted by Gasteiger charge is -2.40. The van der Waals surface area contributed by atoms with Gasteiger partial charge in [-0.15, -0.1) is 0 Å². The van der Waals surface area contributed by atoms with Crippen LogP contribution in [0.4, 0.5) is 25.4 Å². The number of rotatable bonds is 9. The summed E-state index contributed by atoms with van der Waals surface area (Å²) in [6.07, 6.45) is 0. The van der Waals surface area contributed by atoms with Crippen molar-refractivity contribution in [1.82, 2.24) is 29.4 Å². The van der Waals surface area contributed by atoms with Gasteiger partial charge in [0, 0.05) is 99.5 Å². The van der Waals surface area contributed by atoms with Crippen LogP contribution in [0.25, 0.3) is 54.4 Å². The van der Waals surface area contributed by atoms with Gasteiger partial charge in [0.1, 0.15) is 17.2 Å². The van der Waals surface area contributed by atoms with Crippen LogP contribution in [0.15, 0.2) is 113 Å². The van der Waals surface area contributed by atoms with Gasteiger partial charge in [-0.25, -0.2) is 23.4 Å². The number of carbonyl (C=O) groups is 1. The van der Waals surface area contributed by atoms with Gasteiger partial charge in [-0.1, -0.05) is 59.9 Å². The molecule has 0 spiro atoms. The second kappa shape index (κ2) is 17.4. The number of aromatic amines is 1. The van der Waals surface area contributed by atoms with Crippen LogP contribution in [0.1, 0.15) is 44.0 Å². The average molecular weight is 907 g/mol. The lowest BCUT2D eigenvalue weighted by atomic mass is 9.89. The Morgan fingerprint density at radius 1 is 0.727 bits per heavy atom. The third-order valence-corrected chi connectivity index (χ3v) is 14.1. The van der Waals surface area contributed by atoms with Gasteiger partial charge in [-0.3, -0.25) is 24.2 Å². The summed E-state index contributed by atoms with van der Waals surface area (Å²) in [5, 5.41) is 6.22. The minimum Gasteiger partial charge on any atom is -0.379 e. The van der Waals surface area contributed by atoms with Gasteiger partial charge in [0.05, 0.1) is 21.4 Å². The maximum atomic E-state index is 14.2. The number of amides is 1. The van der Waals surface area contributed by atoms with E-state index in [1.807, 2.05) is 71.7 Å². The second-order valence-corrected chi connectivity index (χ2v) is 18.1. The van der Waals surface area contributed by atoms with Gasteiger partial charge in [-0.05, 0) is 84.6 Å². The molecule has 0 aliphatic carbocycles. The summed E-state index contributed by atoms with van der Waals surface area (Å²) in [7, 11) is 0. The topological polar surface area (TPSA) is 149 Å². The number of H-pyrrole nitrogens is 1. The van der Waals surface area contributed by atoms with Crippen molar-refractivity contribution < 1.29 is 13.6 Å². The predicted molar refractivity (Wildman–Crippen MR) is 260 cm³/mol. The highest BCUT2D eigenvalue weighted by atomic mass is 32.1. The number of hydrogen-bond acceptors (Lipinski definition) is 11. The second-order valence-electron chi connectivity index (χ2n) is 17.0. The van der Waals surface area contributed by atoms with Crippen LogP contribution in [0.2, 0.25) is 0 Å². The molecular formula is C50H48F2N10O3S. The van der Waals surface area contributed by atoms with Crippen LogP contribution in [0.5, 0.6) is 0 Å². The van der Waals surface area contributed by atoms with E-state index in [2.05, 4.69) is 44.9 Å². The van der Waals surface area contributed by atoms with E-state index in [4.69, 9.17) is 15.7 Å². The Morgan fingerprint density at radius 2 is 1.33 bits per heavy atom. The molecule has 2 atom stereocenters. The number of nitrogen functional groups attached to an aromatic ring is 1. The minimum atomic E-state index is -0.417. The third kappa shape index (κ3) is 7.94. The van der Waals surface area contributed by atoms with E-state index in [0.717, 1.165) is 49.2 Å². The monoisotopic (exact) mass is 906 g/mol. The zero-order valence-electron chi connectivity index (χ0n) is 36.7. The van der Waals surface area contributed by atoms with E-state index < -0.39 is 5.56 Å². The highest BCUT2D eigenvalue weighted by molar-refractivity contribution is 7.22. The third-order valence-electron chi connectivity index (χ3n) is 13.2. The number of fused-ring (bicyclic) bond motifs is 3. The smallest absolute Gasteiger partial charge is 0.312 e. The van der Waals surface area contributed by atoms with Crippen LogP contribution in [-0.2, 0) is 4.79 Å². The van der Waals surface area contributed by atoms with Crippen molar-refractivity contribution in [3.8, 4) is 22.3 Å². The van der Waals surface area contributed by atoms with E-state index in [9.17, 15) is 23.2 Å². The standard InChI is InChI=1S/C50H48F2N10O3S/c1-29(32-10-14-34(51)15-11-32)58-20-22-60(23-21-58)47-44(39(28-42-46(47)57-50(66-42)54-31(3)63)36-6-4-8-40-37(36)18-19-43(64)55-40)38-7-5-9-41-45(38)56-48(53)49(65)62(41)61-26-24-59(25-27-61)30(2)33-12-16-35(52)17-13-33/h4-19,28-30H,20-27H2,1-3H3,(H2,53,56)(H,55,64)(H,54,57,63). The highest BCUT2D eigenvalue weighted by Crippen LogP contribution is 2.49. The molecule has 4 N–H and O–H groups in total. The fourth-order valence-corrected chi connectivity index (χ4v) is 10.6. The summed E-state index contributed by atoms with van der Waals surface area (Å²) in [6.45, 7) is 10.6. The molecule has 3 aromatic heterocycles. The van der Waals surface area contributed by atoms with E-state index >= 15 is 0 Å². The van der Waals surface area contributed by atoms with E-state index in [0.29, 0.717) is 79.6 Å². The van der Waals surface area contributed by atoms with Crippen LogP contribution in [-0.4, -0.2) is 87.7 Å². The number of hydrogen-bond donors (Lipinski definition) is 3. The number of pyridine rings is 1. The number of thiazole rings is 1. The van der Waals surface area contributed by atoms with Gasteiger partial charge in [0.15, 0.2) is 10.9 Å². The van der Waals surface area contributed by atoms with E-state index in [-0.39, 0.29) is 41.0 Å². The van der Waals surface area contributed by atoms with Crippen LogP contribution in [0, 0.1) is 11.6 Å². The summed E-state index contributed by atoms with van der Waals surface area (Å²) in [5.74, 6) is -0.936. The first-order valence-electron chi connectivity index (χ1n) is 22.1. The van der Waals surface area contributed by atoms with Crippen molar-refractivity contribution in [1.29, 1.82) is 0 Å². The van der Waals surface area contributed by atoms with Crippen molar-refractivity contribution in [2.75, 3.05) is 73.3 Å². The Bertz CT molecular complexity index is 3270. The normalized spacial score (nSPS) is 16.0. The summed E-state index contributed by atoms with van der Waals surface area (Å²) in [6, 6.07) is 30.4. The molecule has 2 fully saturated rings. The van der Waals surface area contributed by atoms with Crippen LogP contribution in [0.3, 0.4) is 0 Å². The highest BCUT2D eigenvalue weighted by Gasteiger charge is 2.31. The Morgan fingerprint density at radius 3 is 1.97 bits per heavy atom. The van der Waals surface area contributed by atoms with Crippen molar-refractivity contribution in [2.45, 2.75) is 32.9 Å². The first kappa shape index (κ1) is 42.9. The van der Waals surface area contributed by atoms with Gasteiger partial charge in [0.25, 0.3) is 0 Å². The van der Waals surface area contributed by atoms with Crippen LogP contribution >= 0.6 is 11.3 Å². The zero-order valence-corrected chi connectivity index (χ0v) is 37.5. The number of piperazine rings is 2. The number of nitrogens with zero attached hydrogens (tertiary/aromatic N) is 7. The van der Waals surface area contributed by atoms with Crippen molar-refractivity contribution in [3.63, 3.8) is 0 Å². The number of nitrogens with two attached hydrogens (primary N) is 1. The molecule has 2 aliphatic rings. The molecule has 8 aromatic rings. The summed E-state index contributed by atoms with van der Waals surface area (Å²) < 4.78 is 30.2. The van der Waals surface area contributed by atoms with Crippen molar-refractivity contribution >= 4 is 66.0 Å². The van der Waals surface area contributed by atoms with Gasteiger partial charge in [0.2, 0.25) is 11.5 Å². The Labute approximate surface area is 382 Å². The Kier molecular flexibility index (Phi) is 11.3. The molecule has 5 heterocycles. The van der Waals surface area contributed by atoms with E-state index in [1.165, 1.54) is 48.6 Å². The van der Waals surface area contributed by atoms with Crippen molar-refractivity contribution in [3.05, 3.63) is 147 Å². The quantitative estimate of drug-likeness (QED) is 0.131. The summed E-state index contributed by atoms with van der Waals surface area (Å²) in [4.78, 5) is 59.4. The summed E-state index contributed by atoms with van der Waals surface area (Å²) in [5.41, 5.74) is 14.6. The molecule has 0 saturated carbocycles. The molecule has 2 saturated heterocycles. The molecule has 0 radical (unpaired) electrons. The molecule has 2 aliphatic heterocycles. The average Bonchev–Trinajstić information content (AvgIpc) is 3.72. The first-order valence-corrected chi connectivity index (χ1v) is 22.9. The number of anilines is 3. The molecule has 2 unspecified atom stereocenters. The molecule has 1 amide bonds. The Balaban J connectivity index is 1.15. The largest absolute Gasteiger partial charge is 0.379 e. The van der Waals surface area contributed by atoms with Crippen LogP contribution < -0.4 is 32.1 Å². The first-order chi connectivity index (χ1) is 31.9. The fourth-order valence-electron chi connectivity index (χ4n) is 9.69. The molecule has 13 nitrogen and oxygen atoms in total. The Hall–Kier alpha value is -7.01. The molecule has 336 valence electrons. The lowest BCUT2D eigenvalue weighted by molar-refractivity contribution is -0.114. The summed E-state index contributed by atoms with van der Waals surface area (Å²) >= 11 is 1.38. The number of para-hydroxylation sites is 1. The molecule has 0 bridgehead atoms. The zero-order chi connectivity index (χ0) is 45.8. The maximum Gasteiger partial charge on any atom is 0.312 e. The van der Waals surface area contributed by atoms with Gasteiger partial charge >= 0.3 is 5.56 Å². The lowest BCUT2D eigenvalue weighted by Crippen LogP contribution is -2.54. The molecule has 16 heteroatoms. The predicted octanol–water partition coefficient (Wildman–Crippen LogP) is 7.90. The fraction of sp³-hybridized carbons (Fsp3) is 0.260. The molecule has 5 aromatic carbocycles. The number of nitrogens with one attached hydrogen (secondary N) is 2. The minimum absolute atomic E-state index is 0.0389. The number of aromatic nitrogens is 4. The van der Waals surface area contributed by atoms with Gasteiger partial charge in [-0.2, -0.15) is 0 Å². The number of benzene rings is 5. The SMILES string of the molecule is CC(=O)Nc1nc2c(N3CCN(C(C)c4ccc(F)cc4)CC3)c(-c3cccc4c3nc(N)c(=O)n4N3CCN(C(C)c4ccc(F)cc4)CC3)c(-c3cccc4[nH]c(=O)ccc34)cc2s1. The maximum absolute atomic E-state index is 14.2.